The molecule has 0 aromatic heterocycles. The largest absolute Gasteiger partial charge is 0.490 e. The fourth-order valence-electron chi connectivity index (χ4n) is 1.18. The number of nitriles is 1. The van der Waals surface area contributed by atoms with E-state index in [2.05, 4.69) is 4.84 Å². The molecule has 0 fully saturated rings. The van der Waals surface area contributed by atoms with Gasteiger partial charge in [0.15, 0.2) is 0 Å². The molecule has 3 N–H and O–H groups in total. The minimum atomic E-state index is -0.187. The van der Waals surface area contributed by atoms with Crippen molar-refractivity contribution in [2.24, 2.45) is 5.90 Å². The van der Waals surface area contributed by atoms with Gasteiger partial charge in [-0.2, -0.15) is 11.2 Å². The Morgan fingerprint density at radius 1 is 1.50 bits per heavy atom. The van der Waals surface area contributed by atoms with E-state index in [0.29, 0.717) is 16.9 Å². The Morgan fingerprint density at radius 3 is 2.69 bits per heavy atom. The van der Waals surface area contributed by atoms with Crippen molar-refractivity contribution in [1.82, 2.24) is 0 Å². The third-order valence-corrected chi connectivity index (χ3v) is 1.84. The molecule has 0 aliphatic carbocycles. The molecule has 5 heteroatoms. The van der Waals surface area contributed by atoms with E-state index < -0.39 is 0 Å². The third-order valence-electron chi connectivity index (χ3n) is 1.84. The average molecular weight is 219 g/mol. The second-order valence-corrected chi connectivity index (χ2v) is 3.44. The highest BCUT2D eigenvalue weighted by Gasteiger charge is 2.09. The van der Waals surface area contributed by atoms with Crippen molar-refractivity contribution < 1.29 is 9.57 Å². The smallest absolute Gasteiger partial charge is 0.237 e. The zero-order valence-corrected chi connectivity index (χ0v) is 9.15. The Kier molecular flexibility index (Phi) is 3.86. The van der Waals surface area contributed by atoms with Crippen LogP contribution in [-0.2, 0) is 4.84 Å². The second-order valence-electron chi connectivity index (χ2n) is 3.44. The first kappa shape index (κ1) is 12.0. The maximum absolute atomic E-state index is 8.94. The standard InChI is InChI=1S/C11H13N3O2/c1-7(2)15-10-4-3-8(11(13)16-14)5-9(10)6-12/h3-5,7,13H,14H2,1-2H3. The molecule has 5 nitrogen and oxygen atoms in total. The molecule has 0 aliphatic rings. The Balaban J connectivity index is 3.08. The van der Waals surface area contributed by atoms with E-state index >= 15 is 0 Å². The maximum Gasteiger partial charge on any atom is 0.237 e. The lowest BCUT2D eigenvalue weighted by atomic mass is 10.1. The quantitative estimate of drug-likeness (QED) is 0.458. The molecule has 1 aromatic carbocycles. The topological polar surface area (TPSA) is 92.1 Å². The van der Waals surface area contributed by atoms with Crippen LogP contribution < -0.4 is 10.6 Å². The molecule has 0 unspecified atom stereocenters. The van der Waals surface area contributed by atoms with Gasteiger partial charge in [0.2, 0.25) is 5.90 Å². The molecular formula is C11H13N3O2. The van der Waals surface area contributed by atoms with Crippen molar-refractivity contribution in [2.45, 2.75) is 20.0 Å². The minimum absolute atomic E-state index is 0.0110. The molecular weight excluding hydrogens is 206 g/mol. The van der Waals surface area contributed by atoms with Crippen LogP contribution in [0.25, 0.3) is 0 Å². The summed E-state index contributed by atoms with van der Waals surface area (Å²) in [4.78, 5) is 4.29. The Labute approximate surface area is 93.9 Å². The molecule has 0 heterocycles. The highest BCUT2D eigenvalue weighted by Crippen LogP contribution is 2.20. The van der Waals surface area contributed by atoms with Gasteiger partial charge in [-0.15, -0.1) is 0 Å². The van der Waals surface area contributed by atoms with Gasteiger partial charge < -0.3 is 9.57 Å². The Bertz CT molecular complexity index is 435. The van der Waals surface area contributed by atoms with Gasteiger partial charge in [0.05, 0.1) is 11.7 Å². The summed E-state index contributed by atoms with van der Waals surface area (Å²) in [6.45, 7) is 3.75. The Morgan fingerprint density at radius 2 is 2.19 bits per heavy atom. The summed E-state index contributed by atoms with van der Waals surface area (Å²) in [6.07, 6.45) is -0.0110. The van der Waals surface area contributed by atoms with Crippen molar-refractivity contribution >= 4 is 5.90 Å². The van der Waals surface area contributed by atoms with Crippen LogP contribution in [0.5, 0.6) is 5.75 Å². The van der Waals surface area contributed by atoms with Gasteiger partial charge >= 0.3 is 0 Å². The van der Waals surface area contributed by atoms with Crippen LogP contribution in [0, 0.1) is 16.7 Å². The molecule has 0 bridgehead atoms. The molecule has 0 amide bonds. The first-order chi connectivity index (χ1) is 7.58. The molecule has 84 valence electrons. The van der Waals surface area contributed by atoms with Crippen molar-refractivity contribution in [1.29, 1.82) is 10.7 Å². The molecule has 0 aliphatic heterocycles. The fourth-order valence-corrected chi connectivity index (χ4v) is 1.18. The van der Waals surface area contributed by atoms with Crippen LogP contribution in [0.4, 0.5) is 0 Å². The molecule has 0 radical (unpaired) electrons. The number of rotatable bonds is 3. The van der Waals surface area contributed by atoms with E-state index in [1.54, 1.807) is 12.1 Å². The van der Waals surface area contributed by atoms with E-state index in [4.69, 9.17) is 21.3 Å². The predicted molar refractivity (Wildman–Crippen MR) is 59.0 cm³/mol. The lowest BCUT2D eigenvalue weighted by Crippen LogP contribution is -2.11. The summed E-state index contributed by atoms with van der Waals surface area (Å²) in [5.41, 5.74) is 0.795. The van der Waals surface area contributed by atoms with Gasteiger partial charge in [0, 0.05) is 5.56 Å². The second kappa shape index (κ2) is 5.14. The first-order valence-corrected chi connectivity index (χ1v) is 4.75. The van der Waals surface area contributed by atoms with Crippen LogP contribution >= 0.6 is 0 Å². The molecule has 1 aromatic rings. The highest BCUT2D eigenvalue weighted by molar-refractivity contribution is 5.92. The normalized spacial score (nSPS) is 9.69. The molecule has 0 spiro atoms. The SMILES string of the molecule is CC(C)Oc1ccc(C(=N)ON)cc1C#N. The Hall–Kier alpha value is -2.06. The van der Waals surface area contributed by atoms with Crippen molar-refractivity contribution in [3.63, 3.8) is 0 Å². The van der Waals surface area contributed by atoms with Crippen molar-refractivity contribution in [3.8, 4) is 11.8 Å². The van der Waals surface area contributed by atoms with E-state index in [0.717, 1.165) is 0 Å². The monoisotopic (exact) mass is 219 g/mol. The van der Waals surface area contributed by atoms with E-state index in [1.807, 2.05) is 19.9 Å². The number of nitrogens with zero attached hydrogens (tertiary/aromatic N) is 1. The van der Waals surface area contributed by atoms with Crippen molar-refractivity contribution in [3.05, 3.63) is 29.3 Å². The number of nitrogens with one attached hydrogen (secondary N) is 1. The first-order valence-electron chi connectivity index (χ1n) is 4.75. The molecule has 0 saturated heterocycles. The highest BCUT2D eigenvalue weighted by atomic mass is 16.6. The maximum atomic E-state index is 8.94. The number of benzene rings is 1. The van der Waals surface area contributed by atoms with Gasteiger partial charge in [0.1, 0.15) is 11.8 Å². The van der Waals surface area contributed by atoms with Gasteiger partial charge in [-0.3, -0.25) is 5.41 Å². The van der Waals surface area contributed by atoms with Gasteiger partial charge in [-0.05, 0) is 32.0 Å². The van der Waals surface area contributed by atoms with Gasteiger partial charge in [0.25, 0.3) is 0 Å². The zero-order valence-electron chi connectivity index (χ0n) is 9.15. The lowest BCUT2D eigenvalue weighted by Gasteiger charge is -2.11. The zero-order chi connectivity index (χ0) is 12.1. The molecule has 16 heavy (non-hydrogen) atoms. The summed E-state index contributed by atoms with van der Waals surface area (Å²) >= 11 is 0. The van der Waals surface area contributed by atoms with Crippen LogP contribution in [0.1, 0.15) is 25.0 Å². The summed E-state index contributed by atoms with van der Waals surface area (Å²) < 4.78 is 5.44. The predicted octanol–water partition coefficient (Wildman–Crippen LogP) is 1.56. The molecule has 1 rings (SSSR count). The molecule has 0 saturated carbocycles. The van der Waals surface area contributed by atoms with Gasteiger partial charge in [-0.1, -0.05) is 0 Å². The van der Waals surface area contributed by atoms with Gasteiger partial charge in [-0.25, -0.2) is 0 Å². The van der Waals surface area contributed by atoms with Crippen LogP contribution in [0.3, 0.4) is 0 Å². The van der Waals surface area contributed by atoms with E-state index in [-0.39, 0.29) is 12.0 Å². The summed E-state index contributed by atoms with van der Waals surface area (Å²) in [6, 6.07) is 6.75. The van der Waals surface area contributed by atoms with E-state index in [9.17, 15) is 0 Å². The average Bonchev–Trinajstić information content (AvgIpc) is 2.27. The lowest BCUT2D eigenvalue weighted by molar-refractivity contribution is 0.241. The fraction of sp³-hybridized carbons (Fsp3) is 0.273. The number of hydrogen-bond donors (Lipinski definition) is 2. The third kappa shape index (κ3) is 2.72. The van der Waals surface area contributed by atoms with Crippen molar-refractivity contribution in [2.75, 3.05) is 0 Å². The van der Waals surface area contributed by atoms with Crippen LogP contribution in [0.2, 0.25) is 0 Å². The minimum Gasteiger partial charge on any atom is -0.490 e. The summed E-state index contributed by atoms with van der Waals surface area (Å²) in [5, 5.41) is 16.3. The number of hydrogen-bond acceptors (Lipinski definition) is 5. The molecule has 0 atom stereocenters. The summed E-state index contributed by atoms with van der Waals surface area (Å²) in [7, 11) is 0. The van der Waals surface area contributed by atoms with Crippen LogP contribution in [-0.4, -0.2) is 12.0 Å². The summed E-state index contributed by atoms with van der Waals surface area (Å²) in [5.74, 6) is 5.18. The van der Waals surface area contributed by atoms with Crippen LogP contribution in [0.15, 0.2) is 18.2 Å². The van der Waals surface area contributed by atoms with E-state index in [1.165, 1.54) is 6.07 Å². The number of nitrogens with two attached hydrogens (primary N) is 1. The number of ether oxygens (including phenoxy) is 1.